The highest BCUT2D eigenvalue weighted by atomic mass is 32.1. The summed E-state index contributed by atoms with van der Waals surface area (Å²) in [7, 11) is 1.63. The second-order valence-electron chi connectivity index (χ2n) is 7.70. The zero-order chi connectivity index (χ0) is 22.4. The number of thiazole rings is 1. The van der Waals surface area contributed by atoms with E-state index in [2.05, 4.69) is 20.6 Å². The van der Waals surface area contributed by atoms with E-state index < -0.39 is 0 Å². The molecule has 0 radical (unpaired) electrons. The number of hydrogen-bond acceptors (Lipinski definition) is 7. The van der Waals surface area contributed by atoms with E-state index in [4.69, 9.17) is 9.26 Å². The van der Waals surface area contributed by atoms with Crippen LogP contribution in [-0.2, 0) is 11.2 Å². The van der Waals surface area contributed by atoms with Crippen molar-refractivity contribution in [2.24, 2.45) is 0 Å². The SMILES string of the molecule is COc1ccc2nc(-n3nc(C)cc3NC(=O)Cc3noc4cc(C)c(C)cc34)sc2c1. The Morgan fingerprint density at radius 1 is 1.16 bits per heavy atom. The summed E-state index contributed by atoms with van der Waals surface area (Å²) >= 11 is 1.48. The van der Waals surface area contributed by atoms with Gasteiger partial charge in [-0.15, -0.1) is 0 Å². The van der Waals surface area contributed by atoms with Crippen LogP contribution in [0.2, 0.25) is 0 Å². The zero-order valence-corrected chi connectivity index (χ0v) is 18.9. The average molecular weight is 448 g/mol. The Balaban J connectivity index is 1.42. The third-order valence-electron chi connectivity index (χ3n) is 5.35. The van der Waals surface area contributed by atoms with E-state index in [0.717, 1.165) is 38.2 Å². The van der Waals surface area contributed by atoms with E-state index >= 15 is 0 Å². The van der Waals surface area contributed by atoms with Crippen LogP contribution in [-0.4, -0.2) is 32.9 Å². The second kappa shape index (κ2) is 7.76. The smallest absolute Gasteiger partial charge is 0.231 e. The van der Waals surface area contributed by atoms with Crippen LogP contribution in [0.4, 0.5) is 5.82 Å². The number of methoxy groups -OCH3 is 1. The Morgan fingerprint density at radius 2 is 1.97 bits per heavy atom. The molecule has 0 bridgehead atoms. The van der Waals surface area contributed by atoms with E-state index in [0.29, 0.717) is 22.2 Å². The fraction of sp³-hybridized carbons (Fsp3) is 0.217. The molecule has 0 fully saturated rings. The molecule has 0 aliphatic heterocycles. The topological polar surface area (TPSA) is 95.1 Å². The van der Waals surface area contributed by atoms with Crippen molar-refractivity contribution in [3.8, 4) is 10.9 Å². The highest BCUT2D eigenvalue weighted by Crippen LogP contribution is 2.30. The Morgan fingerprint density at radius 3 is 2.78 bits per heavy atom. The summed E-state index contributed by atoms with van der Waals surface area (Å²) in [5.74, 6) is 1.11. The van der Waals surface area contributed by atoms with Gasteiger partial charge in [0.2, 0.25) is 11.0 Å². The van der Waals surface area contributed by atoms with E-state index in [1.807, 2.05) is 57.2 Å². The number of amides is 1. The molecular formula is C23H21N5O3S. The van der Waals surface area contributed by atoms with Gasteiger partial charge in [0.15, 0.2) is 5.58 Å². The molecule has 0 aliphatic rings. The number of aromatic nitrogens is 4. The molecule has 3 heterocycles. The molecular weight excluding hydrogens is 426 g/mol. The first-order valence-corrected chi connectivity index (χ1v) is 10.9. The minimum absolute atomic E-state index is 0.0940. The van der Waals surface area contributed by atoms with Gasteiger partial charge in [0.1, 0.15) is 17.3 Å². The Bertz CT molecular complexity index is 1480. The van der Waals surface area contributed by atoms with Gasteiger partial charge in [-0.1, -0.05) is 16.5 Å². The zero-order valence-electron chi connectivity index (χ0n) is 18.1. The summed E-state index contributed by atoms with van der Waals surface area (Å²) in [4.78, 5) is 17.5. The van der Waals surface area contributed by atoms with Crippen molar-refractivity contribution >= 4 is 44.2 Å². The summed E-state index contributed by atoms with van der Waals surface area (Å²) in [5, 5.41) is 13.1. The average Bonchev–Trinajstić information content (AvgIpc) is 3.45. The summed E-state index contributed by atoms with van der Waals surface area (Å²) in [6.45, 7) is 5.92. The van der Waals surface area contributed by atoms with E-state index in [1.165, 1.54) is 11.3 Å². The third kappa shape index (κ3) is 3.60. The lowest BCUT2D eigenvalue weighted by atomic mass is 10.1. The number of anilines is 1. The molecule has 8 nitrogen and oxygen atoms in total. The molecule has 162 valence electrons. The fourth-order valence-corrected chi connectivity index (χ4v) is 4.52. The molecule has 0 saturated carbocycles. The third-order valence-corrected chi connectivity index (χ3v) is 6.35. The van der Waals surface area contributed by atoms with Gasteiger partial charge in [0, 0.05) is 11.5 Å². The molecule has 0 saturated heterocycles. The molecule has 1 N–H and O–H groups in total. The van der Waals surface area contributed by atoms with Crippen LogP contribution < -0.4 is 10.1 Å². The van der Waals surface area contributed by atoms with Crippen molar-refractivity contribution in [2.75, 3.05) is 12.4 Å². The van der Waals surface area contributed by atoms with Crippen LogP contribution in [0.25, 0.3) is 26.3 Å². The van der Waals surface area contributed by atoms with Crippen molar-refractivity contribution in [3.05, 3.63) is 58.9 Å². The van der Waals surface area contributed by atoms with Gasteiger partial charge in [-0.05, 0) is 62.2 Å². The second-order valence-corrected chi connectivity index (χ2v) is 8.71. The number of nitrogens with zero attached hydrogens (tertiary/aromatic N) is 4. The lowest BCUT2D eigenvalue weighted by molar-refractivity contribution is -0.115. The number of ether oxygens (including phenoxy) is 1. The highest BCUT2D eigenvalue weighted by Gasteiger charge is 2.18. The number of hydrogen-bond donors (Lipinski definition) is 1. The monoisotopic (exact) mass is 447 g/mol. The van der Waals surface area contributed by atoms with Gasteiger partial charge in [0.05, 0.1) is 29.4 Å². The number of carbonyl (C=O) groups excluding carboxylic acids is 1. The van der Waals surface area contributed by atoms with Crippen LogP contribution in [0.1, 0.15) is 22.5 Å². The lowest BCUT2D eigenvalue weighted by Gasteiger charge is -2.06. The maximum Gasteiger partial charge on any atom is 0.231 e. The summed E-state index contributed by atoms with van der Waals surface area (Å²) in [6, 6.07) is 11.5. The molecule has 5 rings (SSSR count). The molecule has 0 atom stereocenters. The van der Waals surface area contributed by atoms with Crippen molar-refractivity contribution in [1.82, 2.24) is 19.9 Å². The van der Waals surface area contributed by atoms with Gasteiger partial charge in [-0.3, -0.25) is 4.79 Å². The van der Waals surface area contributed by atoms with Gasteiger partial charge in [-0.2, -0.15) is 9.78 Å². The molecule has 9 heteroatoms. The van der Waals surface area contributed by atoms with E-state index in [9.17, 15) is 4.79 Å². The minimum Gasteiger partial charge on any atom is -0.497 e. The van der Waals surface area contributed by atoms with Gasteiger partial charge >= 0.3 is 0 Å². The molecule has 1 amide bonds. The number of rotatable bonds is 5. The van der Waals surface area contributed by atoms with Gasteiger partial charge in [-0.25, -0.2) is 4.98 Å². The number of aryl methyl sites for hydroxylation is 3. The maximum atomic E-state index is 12.9. The molecule has 0 unspecified atom stereocenters. The first-order chi connectivity index (χ1) is 15.4. The number of nitrogens with one attached hydrogen (secondary N) is 1. The molecule has 32 heavy (non-hydrogen) atoms. The Labute approximate surface area is 187 Å². The van der Waals surface area contributed by atoms with Crippen molar-refractivity contribution in [3.63, 3.8) is 0 Å². The highest BCUT2D eigenvalue weighted by molar-refractivity contribution is 7.20. The van der Waals surface area contributed by atoms with Crippen LogP contribution in [0, 0.1) is 20.8 Å². The maximum absolute atomic E-state index is 12.9. The van der Waals surface area contributed by atoms with E-state index in [1.54, 1.807) is 11.8 Å². The van der Waals surface area contributed by atoms with E-state index in [-0.39, 0.29) is 12.3 Å². The van der Waals surface area contributed by atoms with Crippen LogP contribution >= 0.6 is 11.3 Å². The molecule has 0 spiro atoms. The minimum atomic E-state index is -0.206. The van der Waals surface area contributed by atoms with Crippen molar-refractivity contribution in [1.29, 1.82) is 0 Å². The quantitative estimate of drug-likeness (QED) is 0.418. The molecule has 3 aromatic heterocycles. The normalized spacial score (nSPS) is 11.4. The van der Waals surface area contributed by atoms with Crippen molar-refractivity contribution < 1.29 is 14.1 Å². The number of benzene rings is 2. The number of carbonyl (C=O) groups is 1. The lowest BCUT2D eigenvalue weighted by Crippen LogP contribution is -2.17. The predicted molar refractivity (Wildman–Crippen MR) is 124 cm³/mol. The standard InChI is InChI=1S/C23H21N5O3S/c1-12-7-16-18(27-31-19(16)8-13(12)2)11-22(29)25-21-9-14(3)26-28(21)23-24-17-6-5-15(30-4)10-20(17)32-23/h5-10H,11H2,1-4H3,(H,25,29). The van der Waals surface area contributed by atoms with Crippen LogP contribution in [0.15, 0.2) is 40.9 Å². The van der Waals surface area contributed by atoms with Crippen LogP contribution in [0.3, 0.4) is 0 Å². The molecule has 2 aromatic carbocycles. The fourth-order valence-electron chi connectivity index (χ4n) is 3.56. The number of fused-ring (bicyclic) bond motifs is 2. The summed E-state index contributed by atoms with van der Waals surface area (Å²) in [6.07, 6.45) is 0.0940. The molecule has 5 aromatic rings. The Kier molecular flexibility index (Phi) is 4.90. The van der Waals surface area contributed by atoms with Crippen molar-refractivity contribution in [2.45, 2.75) is 27.2 Å². The van der Waals surface area contributed by atoms with Crippen LogP contribution in [0.5, 0.6) is 5.75 Å². The summed E-state index contributed by atoms with van der Waals surface area (Å²) in [5.41, 5.74) is 5.16. The first-order valence-electron chi connectivity index (χ1n) is 10.1. The largest absolute Gasteiger partial charge is 0.497 e. The Hall–Kier alpha value is -3.72. The first kappa shape index (κ1) is 20.2. The molecule has 0 aliphatic carbocycles. The van der Waals surface area contributed by atoms with Gasteiger partial charge in [0.25, 0.3) is 0 Å². The predicted octanol–water partition coefficient (Wildman–Crippen LogP) is 4.74. The van der Waals surface area contributed by atoms with Gasteiger partial charge < -0.3 is 14.6 Å². The summed E-state index contributed by atoms with van der Waals surface area (Å²) < 4.78 is 13.3.